The monoisotopic (exact) mass is 242 g/mol. The molecule has 2 N–H and O–H groups in total. The van der Waals surface area contributed by atoms with Crippen molar-refractivity contribution in [3.05, 3.63) is 0 Å². The number of carboxylic acids is 1. The lowest BCUT2D eigenvalue weighted by Gasteiger charge is -2.28. The third-order valence-electron chi connectivity index (χ3n) is 3.03. The van der Waals surface area contributed by atoms with E-state index in [1.54, 1.807) is 11.9 Å². The molecule has 0 radical (unpaired) electrons. The maximum absolute atomic E-state index is 11.7. The number of carbonyl (C=O) groups excluding carboxylic acids is 2. The number of amides is 2. The average Bonchev–Trinajstić information content (AvgIpc) is 2.28. The molecule has 2 atom stereocenters. The van der Waals surface area contributed by atoms with Gasteiger partial charge in [0.1, 0.15) is 0 Å². The van der Waals surface area contributed by atoms with E-state index in [9.17, 15) is 14.4 Å². The van der Waals surface area contributed by atoms with E-state index in [0.29, 0.717) is 13.0 Å². The maximum Gasteiger partial charge on any atom is 0.308 e. The van der Waals surface area contributed by atoms with E-state index in [1.165, 1.54) is 6.92 Å². The number of carbonyl (C=O) groups is 3. The van der Waals surface area contributed by atoms with Gasteiger partial charge >= 0.3 is 5.97 Å². The second kappa shape index (κ2) is 5.65. The molecule has 1 aliphatic rings. The summed E-state index contributed by atoms with van der Waals surface area (Å²) in [5, 5.41) is 11.2. The van der Waals surface area contributed by atoms with E-state index in [4.69, 9.17) is 5.11 Å². The molecule has 1 saturated heterocycles. The summed E-state index contributed by atoms with van der Waals surface area (Å²) in [5.74, 6) is -2.13. The lowest BCUT2D eigenvalue weighted by atomic mass is 9.95. The first-order valence-electron chi connectivity index (χ1n) is 5.66. The summed E-state index contributed by atoms with van der Waals surface area (Å²) in [4.78, 5) is 35.3. The van der Waals surface area contributed by atoms with Gasteiger partial charge in [0.15, 0.2) is 0 Å². The third kappa shape index (κ3) is 3.72. The Kier molecular flexibility index (Phi) is 4.48. The Balaban J connectivity index is 2.38. The quantitative estimate of drug-likeness (QED) is 0.708. The van der Waals surface area contributed by atoms with Gasteiger partial charge in [-0.1, -0.05) is 6.92 Å². The Labute approximate surface area is 100.0 Å². The van der Waals surface area contributed by atoms with Gasteiger partial charge in [-0.2, -0.15) is 0 Å². The fraction of sp³-hybridized carbons (Fsp3) is 0.727. The molecule has 1 aliphatic heterocycles. The normalized spacial score (nSPS) is 22.1. The van der Waals surface area contributed by atoms with Crippen LogP contribution in [0.25, 0.3) is 0 Å². The van der Waals surface area contributed by atoms with Gasteiger partial charge in [0.25, 0.3) is 0 Å². The summed E-state index contributed by atoms with van der Waals surface area (Å²) in [7, 11) is 1.71. The first-order valence-corrected chi connectivity index (χ1v) is 5.66. The minimum Gasteiger partial charge on any atom is -0.481 e. The molecule has 0 spiro atoms. The Morgan fingerprint density at radius 3 is 2.76 bits per heavy atom. The Morgan fingerprint density at radius 2 is 2.24 bits per heavy atom. The number of likely N-dealkylation sites (tertiary alicyclic amines) is 1. The van der Waals surface area contributed by atoms with Crippen LogP contribution in [0.1, 0.15) is 19.8 Å². The highest BCUT2D eigenvalue weighted by molar-refractivity contribution is 5.87. The number of nitrogens with one attached hydrogen (secondary N) is 1. The van der Waals surface area contributed by atoms with Gasteiger partial charge in [0, 0.05) is 32.5 Å². The smallest absolute Gasteiger partial charge is 0.308 e. The van der Waals surface area contributed by atoms with Crippen molar-refractivity contribution in [2.24, 2.45) is 11.8 Å². The molecule has 2 amide bonds. The second-order valence-corrected chi connectivity index (χ2v) is 4.49. The van der Waals surface area contributed by atoms with Crippen LogP contribution >= 0.6 is 0 Å². The summed E-state index contributed by atoms with van der Waals surface area (Å²) < 4.78 is 0. The number of carboxylic acid groups (broad SMARTS) is 1. The van der Waals surface area contributed by atoms with Gasteiger partial charge in [-0.25, -0.2) is 0 Å². The van der Waals surface area contributed by atoms with Crippen LogP contribution in [0.5, 0.6) is 0 Å². The SMILES string of the molecule is CC(CNC(=O)C1CCN(C)C(=O)C1)C(=O)O. The van der Waals surface area contributed by atoms with Crippen molar-refractivity contribution in [1.29, 1.82) is 0 Å². The lowest BCUT2D eigenvalue weighted by Crippen LogP contribution is -2.43. The minimum atomic E-state index is -0.940. The molecule has 0 bridgehead atoms. The van der Waals surface area contributed by atoms with E-state index < -0.39 is 11.9 Å². The molecule has 0 saturated carbocycles. The highest BCUT2D eigenvalue weighted by atomic mass is 16.4. The summed E-state index contributed by atoms with van der Waals surface area (Å²) in [6, 6.07) is 0. The fourth-order valence-electron chi connectivity index (χ4n) is 1.65. The van der Waals surface area contributed by atoms with Crippen LogP contribution < -0.4 is 5.32 Å². The Hall–Kier alpha value is -1.59. The molecule has 0 aliphatic carbocycles. The van der Waals surface area contributed by atoms with Crippen LogP contribution in [-0.2, 0) is 14.4 Å². The van der Waals surface area contributed by atoms with Gasteiger partial charge in [-0.3, -0.25) is 14.4 Å². The number of hydrogen-bond donors (Lipinski definition) is 2. The zero-order valence-electron chi connectivity index (χ0n) is 10.1. The first-order chi connectivity index (χ1) is 7.91. The van der Waals surface area contributed by atoms with Gasteiger partial charge in [-0.15, -0.1) is 0 Å². The molecule has 0 aromatic heterocycles. The van der Waals surface area contributed by atoms with Gasteiger partial charge in [0.2, 0.25) is 11.8 Å². The molecule has 6 heteroatoms. The van der Waals surface area contributed by atoms with Crippen LogP contribution in [0.3, 0.4) is 0 Å². The average molecular weight is 242 g/mol. The predicted molar refractivity (Wildman–Crippen MR) is 60.2 cm³/mol. The van der Waals surface area contributed by atoms with Crippen molar-refractivity contribution < 1.29 is 19.5 Å². The van der Waals surface area contributed by atoms with Crippen LogP contribution in [-0.4, -0.2) is 47.9 Å². The highest BCUT2D eigenvalue weighted by Crippen LogP contribution is 2.17. The fourth-order valence-corrected chi connectivity index (χ4v) is 1.65. The van der Waals surface area contributed by atoms with Crippen molar-refractivity contribution in [2.45, 2.75) is 19.8 Å². The zero-order chi connectivity index (χ0) is 13.0. The molecule has 96 valence electrons. The molecule has 1 fully saturated rings. The summed E-state index contributed by atoms with van der Waals surface area (Å²) in [6.45, 7) is 2.21. The maximum atomic E-state index is 11.7. The van der Waals surface area contributed by atoms with E-state index in [1.807, 2.05) is 0 Å². The second-order valence-electron chi connectivity index (χ2n) is 4.49. The molecule has 0 aromatic carbocycles. The first kappa shape index (κ1) is 13.5. The number of piperidine rings is 1. The van der Waals surface area contributed by atoms with Crippen molar-refractivity contribution in [3.63, 3.8) is 0 Å². The largest absolute Gasteiger partial charge is 0.481 e. The Bertz CT molecular complexity index is 329. The third-order valence-corrected chi connectivity index (χ3v) is 3.03. The summed E-state index contributed by atoms with van der Waals surface area (Å²) >= 11 is 0. The molecule has 2 unspecified atom stereocenters. The molecule has 17 heavy (non-hydrogen) atoms. The highest BCUT2D eigenvalue weighted by Gasteiger charge is 2.28. The van der Waals surface area contributed by atoms with Crippen molar-refractivity contribution in [1.82, 2.24) is 10.2 Å². The van der Waals surface area contributed by atoms with E-state index in [2.05, 4.69) is 5.32 Å². The number of aliphatic carboxylic acids is 1. The number of hydrogen-bond acceptors (Lipinski definition) is 3. The van der Waals surface area contributed by atoms with E-state index >= 15 is 0 Å². The molecule has 1 heterocycles. The van der Waals surface area contributed by atoms with Crippen molar-refractivity contribution >= 4 is 17.8 Å². The molecular formula is C11H18N2O4. The van der Waals surface area contributed by atoms with Crippen molar-refractivity contribution in [2.75, 3.05) is 20.1 Å². The molecule has 6 nitrogen and oxygen atoms in total. The topological polar surface area (TPSA) is 86.7 Å². The number of rotatable bonds is 4. The Morgan fingerprint density at radius 1 is 1.59 bits per heavy atom. The van der Waals surface area contributed by atoms with Crippen LogP contribution in [0.2, 0.25) is 0 Å². The van der Waals surface area contributed by atoms with Crippen molar-refractivity contribution in [3.8, 4) is 0 Å². The minimum absolute atomic E-state index is 0.0392. The van der Waals surface area contributed by atoms with Gasteiger partial charge in [-0.05, 0) is 6.42 Å². The van der Waals surface area contributed by atoms with E-state index in [0.717, 1.165) is 0 Å². The lowest BCUT2D eigenvalue weighted by molar-refractivity contribution is -0.142. The van der Waals surface area contributed by atoms with Crippen LogP contribution in [0.15, 0.2) is 0 Å². The predicted octanol–water partition coefficient (Wildman–Crippen LogP) is -0.308. The number of nitrogens with zero attached hydrogens (tertiary/aromatic N) is 1. The zero-order valence-corrected chi connectivity index (χ0v) is 10.1. The molecular weight excluding hydrogens is 224 g/mol. The van der Waals surface area contributed by atoms with Gasteiger partial charge in [0.05, 0.1) is 5.92 Å². The van der Waals surface area contributed by atoms with Gasteiger partial charge < -0.3 is 15.3 Å². The molecule has 1 rings (SSSR count). The van der Waals surface area contributed by atoms with Crippen LogP contribution in [0.4, 0.5) is 0 Å². The summed E-state index contributed by atoms with van der Waals surface area (Å²) in [6.07, 6.45) is 0.847. The molecule has 0 aromatic rings. The van der Waals surface area contributed by atoms with E-state index in [-0.39, 0.29) is 30.7 Å². The van der Waals surface area contributed by atoms with Crippen LogP contribution in [0, 0.1) is 11.8 Å². The standard InChI is InChI=1S/C11H18N2O4/c1-7(11(16)17)6-12-10(15)8-3-4-13(2)9(14)5-8/h7-8H,3-6H2,1-2H3,(H,12,15)(H,16,17). The summed E-state index contributed by atoms with van der Waals surface area (Å²) in [5.41, 5.74) is 0.